The maximum Gasteiger partial charge on any atom is 0.224 e. The summed E-state index contributed by atoms with van der Waals surface area (Å²) < 4.78 is 1.85. The molecule has 0 unspecified atom stereocenters. The van der Waals surface area contributed by atoms with Crippen molar-refractivity contribution in [3.8, 4) is 0 Å². The molecule has 1 aromatic heterocycles. The van der Waals surface area contributed by atoms with Crippen LogP contribution < -0.4 is 0 Å². The maximum absolute atomic E-state index is 12.6. The molecular formula is C18H23N3O. The molecule has 1 aliphatic heterocycles. The third kappa shape index (κ3) is 2.91. The van der Waals surface area contributed by atoms with Gasteiger partial charge >= 0.3 is 0 Å². The summed E-state index contributed by atoms with van der Waals surface area (Å²) in [6.07, 6.45) is 6.25. The van der Waals surface area contributed by atoms with E-state index in [-0.39, 0.29) is 11.9 Å². The topological polar surface area (TPSA) is 38.1 Å². The van der Waals surface area contributed by atoms with Crippen molar-refractivity contribution in [3.05, 3.63) is 53.3 Å². The Morgan fingerprint density at radius 2 is 2.18 bits per heavy atom. The number of benzene rings is 1. The van der Waals surface area contributed by atoms with E-state index >= 15 is 0 Å². The van der Waals surface area contributed by atoms with Crippen LogP contribution in [0, 0.1) is 6.92 Å². The van der Waals surface area contributed by atoms with E-state index in [2.05, 4.69) is 41.2 Å². The molecule has 116 valence electrons. The fraction of sp³-hybridized carbons (Fsp3) is 0.444. The average Bonchev–Trinajstić information content (AvgIpc) is 2.97. The Kier molecular flexibility index (Phi) is 4.27. The second kappa shape index (κ2) is 6.34. The first-order chi connectivity index (χ1) is 10.7. The van der Waals surface area contributed by atoms with Crippen LogP contribution >= 0.6 is 0 Å². The van der Waals surface area contributed by atoms with Crippen molar-refractivity contribution in [2.75, 3.05) is 6.54 Å². The lowest BCUT2D eigenvalue weighted by molar-refractivity contribution is -0.134. The van der Waals surface area contributed by atoms with Crippen molar-refractivity contribution in [2.45, 2.75) is 45.7 Å². The van der Waals surface area contributed by atoms with E-state index in [1.165, 1.54) is 11.1 Å². The molecular weight excluding hydrogens is 274 g/mol. The highest BCUT2D eigenvalue weighted by atomic mass is 16.2. The van der Waals surface area contributed by atoms with E-state index in [1.54, 1.807) is 0 Å². The smallest absolute Gasteiger partial charge is 0.224 e. The Morgan fingerprint density at radius 3 is 2.91 bits per heavy atom. The third-order valence-electron chi connectivity index (χ3n) is 4.44. The number of rotatable bonds is 4. The molecule has 2 heterocycles. The summed E-state index contributed by atoms with van der Waals surface area (Å²) in [6.45, 7) is 5.65. The van der Waals surface area contributed by atoms with Gasteiger partial charge in [-0.25, -0.2) is 0 Å². The van der Waals surface area contributed by atoms with Gasteiger partial charge in [0.25, 0.3) is 0 Å². The molecule has 0 saturated heterocycles. The second-order valence-corrected chi connectivity index (χ2v) is 5.99. The third-order valence-corrected chi connectivity index (χ3v) is 4.44. The van der Waals surface area contributed by atoms with Gasteiger partial charge in [0.2, 0.25) is 5.91 Å². The highest BCUT2D eigenvalue weighted by Gasteiger charge is 2.28. The van der Waals surface area contributed by atoms with Crippen LogP contribution in [0.25, 0.3) is 0 Å². The molecule has 22 heavy (non-hydrogen) atoms. The number of hydrogen-bond donors (Lipinski definition) is 0. The van der Waals surface area contributed by atoms with Crippen LogP contribution in [0.1, 0.15) is 42.5 Å². The molecule has 4 nitrogen and oxygen atoms in total. The van der Waals surface area contributed by atoms with Crippen molar-refractivity contribution in [3.63, 3.8) is 0 Å². The van der Waals surface area contributed by atoms with Gasteiger partial charge in [0.05, 0.1) is 12.2 Å². The van der Waals surface area contributed by atoms with Gasteiger partial charge in [0, 0.05) is 25.7 Å². The number of fused-ring (bicyclic) bond motifs is 1. The standard InChI is InChI=1S/C18H23N3O/c1-3-17-16-7-5-4-6-15(16)8-11-21(17)18(22)9-10-20-13-14(2)12-19-20/h4-7,12-13,17H,3,8-11H2,1-2H3/t17-/m1/s1. The van der Waals surface area contributed by atoms with Crippen LogP contribution in [0.3, 0.4) is 0 Å². The maximum atomic E-state index is 12.6. The van der Waals surface area contributed by atoms with E-state index < -0.39 is 0 Å². The highest BCUT2D eigenvalue weighted by molar-refractivity contribution is 5.77. The van der Waals surface area contributed by atoms with Crippen LogP contribution in [0.15, 0.2) is 36.7 Å². The largest absolute Gasteiger partial charge is 0.335 e. The predicted molar refractivity (Wildman–Crippen MR) is 86.5 cm³/mol. The molecule has 1 aliphatic rings. The quantitative estimate of drug-likeness (QED) is 0.869. The van der Waals surface area contributed by atoms with Gasteiger partial charge in [0.15, 0.2) is 0 Å². The van der Waals surface area contributed by atoms with Crippen molar-refractivity contribution < 1.29 is 4.79 Å². The van der Waals surface area contributed by atoms with Crippen LogP contribution in [0.4, 0.5) is 0 Å². The van der Waals surface area contributed by atoms with Crippen molar-refractivity contribution in [1.29, 1.82) is 0 Å². The molecule has 0 bridgehead atoms. The number of aryl methyl sites for hydroxylation is 2. The zero-order valence-electron chi connectivity index (χ0n) is 13.3. The first-order valence-electron chi connectivity index (χ1n) is 8.05. The predicted octanol–water partition coefficient (Wildman–Crippen LogP) is 3.12. The van der Waals surface area contributed by atoms with Gasteiger partial charge in [-0.15, -0.1) is 0 Å². The summed E-state index contributed by atoms with van der Waals surface area (Å²) in [4.78, 5) is 14.7. The summed E-state index contributed by atoms with van der Waals surface area (Å²) >= 11 is 0. The minimum atomic E-state index is 0.219. The summed E-state index contributed by atoms with van der Waals surface area (Å²) in [7, 11) is 0. The molecule has 4 heteroatoms. The monoisotopic (exact) mass is 297 g/mol. The van der Waals surface area contributed by atoms with Gasteiger partial charge in [-0.1, -0.05) is 31.2 Å². The number of amides is 1. The zero-order valence-corrected chi connectivity index (χ0v) is 13.3. The average molecular weight is 297 g/mol. The van der Waals surface area contributed by atoms with Gasteiger partial charge in [-0.2, -0.15) is 5.10 Å². The van der Waals surface area contributed by atoms with E-state index in [4.69, 9.17) is 0 Å². The molecule has 3 rings (SSSR count). The summed E-state index contributed by atoms with van der Waals surface area (Å²) in [5.41, 5.74) is 3.84. The fourth-order valence-electron chi connectivity index (χ4n) is 3.33. The molecule has 0 aliphatic carbocycles. The molecule has 0 radical (unpaired) electrons. The molecule has 1 amide bonds. The summed E-state index contributed by atoms with van der Waals surface area (Å²) in [5, 5.41) is 4.25. The van der Waals surface area contributed by atoms with Gasteiger partial charge in [-0.3, -0.25) is 9.48 Å². The Hall–Kier alpha value is -2.10. The lowest BCUT2D eigenvalue weighted by Gasteiger charge is -2.37. The van der Waals surface area contributed by atoms with Crippen LogP contribution in [0.2, 0.25) is 0 Å². The Bertz CT molecular complexity index is 662. The lowest BCUT2D eigenvalue weighted by atomic mass is 9.91. The number of carbonyl (C=O) groups is 1. The Labute approximate surface area is 131 Å². The molecule has 0 saturated carbocycles. The number of aromatic nitrogens is 2. The van der Waals surface area contributed by atoms with Crippen LogP contribution in [0.5, 0.6) is 0 Å². The van der Waals surface area contributed by atoms with E-state index in [9.17, 15) is 4.79 Å². The molecule has 0 N–H and O–H groups in total. The minimum absolute atomic E-state index is 0.219. The van der Waals surface area contributed by atoms with Gasteiger partial charge in [-0.05, 0) is 36.5 Å². The SMILES string of the molecule is CC[C@@H]1c2ccccc2CCN1C(=O)CCn1cc(C)cn1. The molecule has 1 aromatic carbocycles. The number of nitrogens with zero attached hydrogens (tertiary/aromatic N) is 3. The number of hydrogen-bond acceptors (Lipinski definition) is 2. The summed E-state index contributed by atoms with van der Waals surface area (Å²) in [6, 6.07) is 8.73. The molecule has 0 spiro atoms. The Morgan fingerprint density at radius 1 is 1.36 bits per heavy atom. The van der Waals surface area contributed by atoms with Gasteiger partial charge < -0.3 is 4.90 Å². The van der Waals surface area contributed by atoms with Crippen molar-refractivity contribution in [2.24, 2.45) is 0 Å². The van der Waals surface area contributed by atoms with E-state index in [0.29, 0.717) is 13.0 Å². The normalized spacial score (nSPS) is 17.4. The minimum Gasteiger partial charge on any atom is -0.335 e. The first kappa shape index (κ1) is 14.8. The summed E-state index contributed by atoms with van der Waals surface area (Å²) in [5.74, 6) is 0.231. The fourth-order valence-corrected chi connectivity index (χ4v) is 3.33. The zero-order chi connectivity index (χ0) is 15.5. The second-order valence-electron chi connectivity index (χ2n) is 5.99. The Balaban J connectivity index is 1.70. The molecule has 1 atom stereocenters. The van der Waals surface area contributed by atoms with Crippen LogP contribution in [-0.2, 0) is 17.8 Å². The molecule has 2 aromatic rings. The van der Waals surface area contributed by atoms with Crippen LogP contribution in [-0.4, -0.2) is 27.1 Å². The van der Waals surface area contributed by atoms with Crippen molar-refractivity contribution in [1.82, 2.24) is 14.7 Å². The van der Waals surface area contributed by atoms with E-state index in [1.807, 2.05) is 24.0 Å². The van der Waals surface area contributed by atoms with E-state index in [0.717, 1.165) is 24.9 Å². The molecule has 0 fully saturated rings. The van der Waals surface area contributed by atoms with Crippen molar-refractivity contribution >= 4 is 5.91 Å². The lowest BCUT2D eigenvalue weighted by Crippen LogP contribution is -2.40. The number of carbonyl (C=O) groups excluding carboxylic acids is 1. The highest BCUT2D eigenvalue weighted by Crippen LogP contribution is 2.32. The first-order valence-corrected chi connectivity index (χ1v) is 8.05. The van der Waals surface area contributed by atoms with Gasteiger partial charge in [0.1, 0.15) is 0 Å².